The average molecular weight is 312 g/mol. The third kappa shape index (κ3) is 2.96. The maximum atomic E-state index is 12.4. The van der Waals surface area contributed by atoms with Crippen molar-refractivity contribution in [1.82, 2.24) is 10.3 Å². The van der Waals surface area contributed by atoms with Gasteiger partial charge >= 0.3 is 0 Å². The van der Waals surface area contributed by atoms with Gasteiger partial charge in [-0.1, -0.05) is 18.2 Å². The zero-order chi connectivity index (χ0) is 15.8. The lowest BCUT2D eigenvalue weighted by molar-refractivity contribution is 0.0919. The molecular weight excluding hydrogens is 292 g/mol. The molecule has 1 aliphatic carbocycles. The molecule has 120 valence electrons. The molecule has 0 bridgehead atoms. The highest BCUT2D eigenvalue weighted by Crippen LogP contribution is 2.35. The summed E-state index contributed by atoms with van der Waals surface area (Å²) in [5, 5.41) is 3.06. The molecule has 0 unspecified atom stereocenters. The fraction of sp³-hybridized carbons (Fsp3) is 0.444. The van der Waals surface area contributed by atoms with Gasteiger partial charge in [0.25, 0.3) is 5.91 Å². The summed E-state index contributed by atoms with van der Waals surface area (Å²) >= 11 is 0. The SMILES string of the molecule is Cc1cccc2c1OCC[C@H]2NC(=O)c1coc(CC2CC2)n1. The molecule has 1 fully saturated rings. The number of amides is 1. The molecule has 1 amide bonds. The van der Waals surface area contributed by atoms with Crippen molar-refractivity contribution in [2.45, 2.75) is 38.6 Å². The van der Waals surface area contributed by atoms with E-state index in [1.165, 1.54) is 19.1 Å². The van der Waals surface area contributed by atoms with Crippen LogP contribution in [0.15, 0.2) is 28.9 Å². The van der Waals surface area contributed by atoms with Gasteiger partial charge in [0.1, 0.15) is 12.0 Å². The number of carbonyl (C=O) groups excluding carboxylic acids is 1. The summed E-state index contributed by atoms with van der Waals surface area (Å²) in [6, 6.07) is 5.97. The molecule has 0 saturated heterocycles. The van der Waals surface area contributed by atoms with E-state index in [2.05, 4.69) is 10.3 Å². The predicted molar refractivity (Wildman–Crippen MR) is 84.4 cm³/mol. The molecule has 1 aromatic heterocycles. The molecule has 1 aliphatic heterocycles. The first-order chi connectivity index (χ1) is 11.2. The molecule has 1 saturated carbocycles. The third-order valence-electron chi connectivity index (χ3n) is 4.52. The van der Waals surface area contributed by atoms with Gasteiger partial charge in [-0.05, 0) is 31.2 Å². The minimum Gasteiger partial charge on any atom is -0.493 e. The number of ether oxygens (including phenoxy) is 1. The lowest BCUT2D eigenvalue weighted by atomic mass is 9.98. The van der Waals surface area contributed by atoms with Gasteiger partial charge in [-0.25, -0.2) is 4.98 Å². The number of fused-ring (bicyclic) bond motifs is 1. The second-order valence-corrected chi connectivity index (χ2v) is 6.43. The van der Waals surface area contributed by atoms with Crippen LogP contribution in [0, 0.1) is 12.8 Å². The maximum absolute atomic E-state index is 12.4. The minimum atomic E-state index is -0.185. The number of para-hydroxylation sites is 1. The van der Waals surface area contributed by atoms with Crippen LogP contribution < -0.4 is 10.1 Å². The van der Waals surface area contributed by atoms with Gasteiger partial charge in [0.2, 0.25) is 0 Å². The van der Waals surface area contributed by atoms with Gasteiger partial charge in [0.05, 0.1) is 12.6 Å². The van der Waals surface area contributed by atoms with E-state index >= 15 is 0 Å². The average Bonchev–Trinajstić information content (AvgIpc) is 3.23. The van der Waals surface area contributed by atoms with E-state index in [1.807, 2.05) is 25.1 Å². The second-order valence-electron chi connectivity index (χ2n) is 6.43. The van der Waals surface area contributed by atoms with Crippen LogP contribution in [-0.2, 0) is 6.42 Å². The van der Waals surface area contributed by atoms with Crippen LogP contribution in [-0.4, -0.2) is 17.5 Å². The number of nitrogens with one attached hydrogen (secondary N) is 1. The molecule has 1 aromatic carbocycles. The first kappa shape index (κ1) is 14.3. The number of oxazole rings is 1. The van der Waals surface area contributed by atoms with Crippen LogP contribution in [0.5, 0.6) is 5.75 Å². The number of benzene rings is 1. The topological polar surface area (TPSA) is 64.4 Å². The van der Waals surface area contributed by atoms with Crippen molar-refractivity contribution < 1.29 is 13.9 Å². The Labute approximate surface area is 135 Å². The number of aromatic nitrogens is 1. The molecule has 1 N–H and O–H groups in total. The van der Waals surface area contributed by atoms with Gasteiger partial charge in [-0.3, -0.25) is 4.79 Å². The number of nitrogens with zero attached hydrogens (tertiary/aromatic N) is 1. The zero-order valence-electron chi connectivity index (χ0n) is 13.2. The van der Waals surface area contributed by atoms with Crippen molar-refractivity contribution in [1.29, 1.82) is 0 Å². The quantitative estimate of drug-likeness (QED) is 0.941. The molecule has 4 rings (SSSR count). The molecule has 5 heteroatoms. The first-order valence-corrected chi connectivity index (χ1v) is 8.18. The minimum absolute atomic E-state index is 0.0465. The standard InChI is InChI=1S/C18H20N2O3/c1-11-3-2-4-13-14(7-8-22-17(11)13)20-18(21)15-10-23-16(19-15)9-12-5-6-12/h2-4,10,12,14H,5-9H2,1H3,(H,20,21)/t14-/m1/s1. The van der Waals surface area contributed by atoms with Crippen LogP contribution in [0.25, 0.3) is 0 Å². The van der Waals surface area contributed by atoms with Gasteiger partial charge < -0.3 is 14.5 Å². The van der Waals surface area contributed by atoms with Crippen molar-refractivity contribution in [3.05, 3.63) is 47.2 Å². The predicted octanol–water partition coefficient (Wildman–Crippen LogP) is 3.19. The van der Waals surface area contributed by atoms with E-state index < -0.39 is 0 Å². The van der Waals surface area contributed by atoms with E-state index in [1.54, 1.807) is 0 Å². The summed E-state index contributed by atoms with van der Waals surface area (Å²) < 4.78 is 11.2. The number of rotatable bonds is 4. The van der Waals surface area contributed by atoms with Crippen molar-refractivity contribution in [3.63, 3.8) is 0 Å². The van der Waals surface area contributed by atoms with Crippen molar-refractivity contribution in [2.24, 2.45) is 5.92 Å². The summed E-state index contributed by atoms with van der Waals surface area (Å²) in [5.41, 5.74) is 2.49. The fourth-order valence-corrected chi connectivity index (χ4v) is 3.04. The Kier molecular flexibility index (Phi) is 3.56. The summed E-state index contributed by atoms with van der Waals surface area (Å²) in [7, 11) is 0. The monoisotopic (exact) mass is 312 g/mol. The smallest absolute Gasteiger partial charge is 0.273 e. The van der Waals surface area contributed by atoms with Crippen LogP contribution >= 0.6 is 0 Å². The van der Waals surface area contributed by atoms with Crippen molar-refractivity contribution in [2.75, 3.05) is 6.61 Å². The Morgan fingerprint density at radius 2 is 2.22 bits per heavy atom. The van der Waals surface area contributed by atoms with Crippen LogP contribution in [0.4, 0.5) is 0 Å². The highest BCUT2D eigenvalue weighted by molar-refractivity contribution is 5.92. The van der Waals surface area contributed by atoms with Gasteiger partial charge in [-0.2, -0.15) is 0 Å². The maximum Gasteiger partial charge on any atom is 0.273 e. The fourth-order valence-electron chi connectivity index (χ4n) is 3.04. The van der Waals surface area contributed by atoms with Crippen LogP contribution in [0.2, 0.25) is 0 Å². The van der Waals surface area contributed by atoms with Gasteiger partial charge in [0, 0.05) is 18.4 Å². The highest BCUT2D eigenvalue weighted by Gasteiger charge is 2.27. The first-order valence-electron chi connectivity index (χ1n) is 8.18. The Balaban J connectivity index is 1.49. The lowest BCUT2D eigenvalue weighted by Crippen LogP contribution is -2.32. The van der Waals surface area contributed by atoms with Crippen molar-refractivity contribution >= 4 is 5.91 Å². The third-order valence-corrected chi connectivity index (χ3v) is 4.52. The largest absolute Gasteiger partial charge is 0.493 e. The van der Waals surface area contributed by atoms with E-state index in [-0.39, 0.29) is 11.9 Å². The summed E-state index contributed by atoms with van der Waals surface area (Å²) in [6.07, 6.45) is 5.54. The summed E-state index contributed by atoms with van der Waals surface area (Å²) in [6.45, 7) is 2.62. The Morgan fingerprint density at radius 1 is 1.35 bits per heavy atom. The molecule has 2 aliphatic rings. The van der Waals surface area contributed by atoms with Crippen LogP contribution in [0.1, 0.15) is 52.8 Å². The molecular formula is C18H20N2O3. The summed E-state index contributed by atoms with van der Waals surface area (Å²) in [5.74, 6) is 2.06. The Bertz CT molecular complexity index is 734. The molecule has 23 heavy (non-hydrogen) atoms. The molecule has 1 atom stereocenters. The summed E-state index contributed by atoms with van der Waals surface area (Å²) in [4.78, 5) is 16.8. The number of carbonyl (C=O) groups is 1. The molecule has 2 aromatic rings. The molecule has 2 heterocycles. The number of hydrogen-bond donors (Lipinski definition) is 1. The number of aryl methyl sites for hydroxylation is 1. The van der Waals surface area contributed by atoms with E-state index in [0.717, 1.165) is 29.7 Å². The molecule has 5 nitrogen and oxygen atoms in total. The van der Waals surface area contributed by atoms with E-state index in [9.17, 15) is 4.79 Å². The molecule has 0 spiro atoms. The van der Waals surface area contributed by atoms with E-state index in [4.69, 9.17) is 9.15 Å². The number of hydrogen-bond acceptors (Lipinski definition) is 4. The van der Waals surface area contributed by atoms with Gasteiger partial charge in [-0.15, -0.1) is 0 Å². The van der Waals surface area contributed by atoms with Gasteiger partial charge in [0.15, 0.2) is 11.6 Å². The van der Waals surface area contributed by atoms with Crippen LogP contribution in [0.3, 0.4) is 0 Å². The second kappa shape index (κ2) is 5.72. The Morgan fingerprint density at radius 3 is 3.04 bits per heavy atom. The highest BCUT2D eigenvalue weighted by atomic mass is 16.5. The lowest BCUT2D eigenvalue weighted by Gasteiger charge is -2.27. The molecule has 0 radical (unpaired) electrons. The van der Waals surface area contributed by atoms with E-state index in [0.29, 0.717) is 24.1 Å². The van der Waals surface area contributed by atoms with Crippen molar-refractivity contribution in [3.8, 4) is 5.75 Å². The zero-order valence-corrected chi connectivity index (χ0v) is 13.2. The normalized spacial score (nSPS) is 19.8. The Hall–Kier alpha value is -2.30.